The van der Waals surface area contributed by atoms with Crippen LogP contribution in [0.5, 0.6) is 0 Å². The van der Waals surface area contributed by atoms with Crippen LogP contribution in [0.15, 0.2) is 5.16 Å². The number of hydrogen-bond acceptors (Lipinski definition) is 5. The molecule has 0 saturated carbocycles. The molecule has 1 heterocycles. The van der Waals surface area contributed by atoms with Crippen molar-refractivity contribution in [2.24, 2.45) is 5.16 Å². The summed E-state index contributed by atoms with van der Waals surface area (Å²) >= 11 is 0. The van der Waals surface area contributed by atoms with Gasteiger partial charge >= 0.3 is 0 Å². The van der Waals surface area contributed by atoms with E-state index < -0.39 is 0 Å². The second-order valence-corrected chi connectivity index (χ2v) is 3.52. The number of carbonyl (C=O) groups is 1. The molecule has 0 spiro atoms. The van der Waals surface area contributed by atoms with Crippen LogP contribution < -0.4 is 10.6 Å². The SMILES string of the molecule is O=C(C=NO)NCCCN1CCCNC1. The molecule has 0 aromatic rings. The fourth-order valence-electron chi connectivity index (χ4n) is 1.55. The molecule has 0 aromatic carbocycles. The number of amides is 1. The zero-order valence-electron chi connectivity index (χ0n) is 8.78. The van der Waals surface area contributed by atoms with Crippen LogP contribution in [-0.4, -0.2) is 55.1 Å². The van der Waals surface area contributed by atoms with Crippen molar-refractivity contribution in [1.82, 2.24) is 15.5 Å². The highest BCUT2D eigenvalue weighted by Gasteiger charge is 2.08. The average molecular weight is 214 g/mol. The average Bonchev–Trinajstić information content (AvgIpc) is 2.26. The summed E-state index contributed by atoms with van der Waals surface area (Å²) < 4.78 is 0. The first-order valence-electron chi connectivity index (χ1n) is 5.21. The quantitative estimate of drug-likeness (QED) is 0.242. The van der Waals surface area contributed by atoms with Gasteiger partial charge in [-0.25, -0.2) is 0 Å². The maximum Gasteiger partial charge on any atom is 0.265 e. The van der Waals surface area contributed by atoms with Crippen LogP contribution >= 0.6 is 0 Å². The third-order valence-corrected chi connectivity index (χ3v) is 2.29. The number of oxime groups is 1. The molecule has 0 radical (unpaired) electrons. The number of hydrogen-bond donors (Lipinski definition) is 3. The van der Waals surface area contributed by atoms with Crippen LogP contribution in [0.1, 0.15) is 12.8 Å². The first-order valence-corrected chi connectivity index (χ1v) is 5.21. The van der Waals surface area contributed by atoms with Gasteiger partial charge in [0.2, 0.25) is 0 Å². The van der Waals surface area contributed by atoms with E-state index in [1.165, 1.54) is 6.42 Å². The van der Waals surface area contributed by atoms with E-state index in [0.717, 1.165) is 38.9 Å². The smallest absolute Gasteiger partial charge is 0.265 e. The highest BCUT2D eigenvalue weighted by Crippen LogP contribution is 1.96. The van der Waals surface area contributed by atoms with E-state index in [2.05, 4.69) is 20.7 Å². The molecule has 1 rings (SSSR count). The van der Waals surface area contributed by atoms with Crippen molar-refractivity contribution >= 4 is 12.1 Å². The fourth-order valence-corrected chi connectivity index (χ4v) is 1.55. The molecular weight excluding hydrogens is 196 g/mol. The molecule has 1 aliphatic rings. The zero-order chi connectivity index (χ0) is 10.9. The maximum atomic E-state index is 10.8. The van der Waals surface area contributed by atoms with Gasteiger partial charge < -0.3 is 15.8 Å². The van der Waals surface area contributed by atoms with Crippen molar-refractivity contribution in [2.45, 2.75) is 12.8 Å². The number of rotatable bonds is 5. The van der Waals surface area contributed by atoms with Gasteiger partial charge in [-0.3, -0.25) is 9.69 Å². The molecule has 0 aromatic heterocycles. The molecule has 86 valence electrons. The molecule has 1 saturated heterocycles. The monoisotopic (exact) mass is 214 g/mol. The standard InChI is InChI=1S/C9H18N4O2/c14-9(7-12-15)11-4-2-6-13-5-1-3-10-8-13/h7,10,15H,1-6,8H2,(H,11,14). The van der Waals surface area contributed by atoms with Gasteiger partial charge in [0.05, 0.1) is 0 Å². The highest BCUT2D eigenvalue weighted by molar-refractivity contribution is 6.25. The molecule has 1 aliphatic heterocycles. The highest BCUT2D eigenvalue weighted by atomic mass is 16.4. The molecular formula is C9H18N4O2. The van der Waals surface area contributed by atoms with Gasteiger partial charge in [0.25, 0.3) is 5.91 Å². The Bertz CT molecular complexity index is 214. The second-order valence-electron chi connectivity index (χ2n) is 3.52. The Labute approximate surface area is 89.3 Å². The van der Waals surface area contributed by atoms with E-state index in [4.69, 9.17) is 5.21 Å². The zero-order valence-corrected chi connectivity index (χ0v) is 8.78. The summed E-state index contributed by atoms with van der Waals surface area (Å²) in [6.07, 6.45) is 2.96. The van der Waals surface area contributed by atoms with Gasteiger partial charge in [-0.15, -0.1) is 0 Å². The fraction of sp³-hybridized carbons (Fsp3) is 0.778. The molecule has 6 nitrogen and oxygen atoms in total. The lowest BCUT2D eigenvalue weighted by atomic mass is 10.3. The Morgan fingerprint density at radius 1 is 1.67 bits per heavy atom. The van der Waals surface area contributed by atoms with Crippen molar-refractivity contribution in [2.75, 3.05) is 32.8 Å². The third-order valence-electron chi connectivity index (χ3n) is 2.29. The van der Waals surface area contributed by atoms with Crippen molar-refractivity contribution in [3.05, 3.63) is 0 Å². The number of nitrogens with zero attached hydrogens (tertiary/aromatic N) is 2. The Morgan fingerprint density at radius 2 is 2.53 bits per heavy atom. The summed E-state index contributed by atoms with van der Waals surface area (Å²) in [5.74, 6) is -0.353. The van der Waals surface area contributed by atoms with Gasteiger partial charge in [0, 0.05) is 26.3 Å². The summed E-state index contributed by atoms with van der Waals surface area (Å²) in [7, 11) is 0. The maximum absolute atomic E-state index is 10.8. The second kappa shape index (κ2) is 7.19. The first-order chi connectivity index (χ1) is 7.33. The van der Waals surface area contributed by atoms with Crippen molar-refractivity contribution < 1.29 is 10.0 Å². The molecule has 15 heavy (non-hydrogen) atoms. The Balaban J connectivity index is 1.98. The predicted molar refractivity (Wildman–Crippen MR) is 57.0 cm³/mol. The van der Waals surface area contributed by atoms with Crippen LogP contribution in [0.3, 0.4) is 0 Å². The van der Waals surface area contributed by atoms with Gasteiger partial charge in [0.1, 0.15) is 6.21 Å². The summed E-state index contributed by atoms with van der Waals surface area (Å²) in [5.41, 5.74) is 0. The topological polar surface area (TPSA) is 77.0 Å². The minimum Gasteiger partial charge on any atom is -0.411 e. The minimum atomic E-state index is -0.353. The predicted octanol–water partition coefficient (Wildman–Crippen LogP) is -0.794. The molecule has 3 N–H and O–H groups in total. The lowest BCUT2D eigenvalue weighted by Crippen LogP contribution is -2.42. The van der Waals surface area contributed by atoms with E-state index in [1.54, 1.807) is 0 Å². The van der Waals surface area contributed by atoms with Crippen molar-refractivity contribution in [1.29, 1.82) is 0 Å². The summed E-state index contributed by atoms with van der Waals surface area (Å²) in [5, 5.41) is 16.7. The molecule has 0 bridgehead atoms. The Kier molecular flexibility index (Phi) is 5.72. The third kappa shape index (κ3) is 5.34. The first kappa shape index (κ1) is 11.9. The minimum absolute atomic E-state index is 0.353. The Hall–Kier alpha value is -1.14. The van der Waals surface area contributed by atoms with Gasteiger partial charge in [-0.2, -0.15) is 0 Å². The summed E-state index contributed by atoms with van der Waals surface area (Å²) in [6.45, 7) is 4.75. The van der Waals surface area contributed by atoms with E-state index in [-0.39, 0.29) is 5.91 Å². The molecule has 0 unspecified atom stereocenters. The lowest BCUT2D eigenvalue weighted by molar-refractivity contribution is -0.114. The van der Waals surface area contributed by atoms with E-state index >= 15 is 0 Å². The summed E-state index contributed by atoms with van der Waals surface area (Å²) in [6, 6.07) is 0. The Morgan fingerprint density at radius 3 is 3.20 bits per heavy atom. The molecule has 1 fully saturated rings. The van der Waals surface area contributed by atoms with E-state index in [9.17, 15) is 4.79 Å². The number of carbonyl (C=O) groups excluding carboxylic acids is 1. The molecule has 0 aliphatic carbocycles. The molecule has 1 amide bonds. The van der Waals surface area contributed by atoms with Crippen LogP contribution in [-0.2, 0) is 4.79 Å². The van der Waals surface area contributed by atoms with Gasteiger partial charge in [-0.05, 0) is 19.4 Å². The number of nitrogens with one attached hydrogen (secondary N) is 2. The van der Waals surface area contributed by atoms with Crippen LogP contribution in [0, 0.1) is 0 Å². The lowest BCUT2D eigenvalue weighted by Gasteiger charge is -2.27. The van der Waals surface area contributed by atoms with E-state index in [0.29, 0.717) is 6.54 Å². The van der Waals surface area contributed by atoms with Gasteiger partial charge in [0.15, 0.2) is 0 Å². The van der Waals surface area contributed by atoms with Crippen LogP contribution in [0.4, 0.5) is 0 Å². The normalized spacial score (nSPS) is 18.1. The van der Waals surface area contributed by atoms with Crippen molar-refractivity contribution in [3.63, 3.8) is 0 Å². The molecule has 6 heteroatoms. The molecule has 0 atom stereocenters. The van der Waals surface area contributed by atoms with Crippen LogP contribution in [0.25, 0.3) is 0 Å². The van der Waals surface area contributed by atoms with Crippen LogP contribution in [0.2, 0.25) is 0 Å². The van der Waals surface area contributed by atoms with Crippen molar-refractivity contribution in [3.8, 4) is 0 Å². The largest absolute Gasteiger partial charge is 0.411 e. The van der Waals surface area contributed by atoms with E-state index in [1.807, 2.05) is 0 Å². The van der Waals surface area contributed by atoms with Gasteiger partial charge in [-0.1, -0.05) is 5.16 Å². The summed E-state index contributed by atoms with van der Waals surface area (Å²) in [4.78, 5) is 13.2.